The van der Waals surface area contributed by atoms with Crippen LogP contribution in [-0.2, 0) is 17.9 Å². The molecule has 0 saturated carbocycles. The summed E-state index contributed by atoms with van der Waals surface area (Å²) in [4.78, 5) is 30.7. The number of carbonyl (C=O) groups excluding carboxylic acids is 2. The van der Waals surface area contributed by atoms with Crippen molar-refractivity contribution < 1.29 is 14.1 Å². The second kappa shape index (κ2) is 8.26. The Morgan fingerprint density at radius 1 is 1.21 bits per heavy atom. The molecule has 0 spiro atoms. The lowest BCUT2D eigenvalue weighted by Crippen LogP contribution is -2.24. The molecule has 7 nitrogen and oxygen atoms in total. The van der Waals surface area contributed by atoms with E-state index >= 15 is 0 Å². The standard InChI is InChI=1S/C22H22N4O3/c1-15-6-5-7-16(10-15)13-26-14-18(11-20(26)27)21-24-19(29-25-21)12-23-22(28)17-8-3-2-4-9-17/h2-10,18H,11-14H2,1H3,(H,23,28). The van der Waals surface area contributed by atoms with Gasteiger partial charge in [-0.2, -0.15) is 4.98 Å². The number of aryl methyl sites for hydroxylation is 1. The predicted octanol–water partition coefficient (Wildman–Crippen LogP) is 2.82. The van der Waals surface area contributed by atoms with Crippen LogP contribution in [0.5, 0.6) is 0 Å². The van der Waals surface area contributed by atoms with Crippen molar-refractivity contribution in [3.8, 4) is 0 Å². The molecule has 1 N–H and O–H groups in total. The van der Waals surface area contributed by atoms with E-state index in [-0.39, 0.29) is 24.3 Å². The van der Waals surface area contributed by atoms with Crippen LogP contribution in [0, 0.1) is 6.92 Å². The van der Waals surface area contributed by atoms with Gasteiger partial charge in [-0.15, -0.1) is 0 Å². The van der Waals surface area contributed by atoms with Gasteiger partial charge in [0, 0.05) is 31.0 Å². The first kappa shape index (κ1) is 18.9. The molecule has 0 aliphatic carbocycles. The summed E-state index contributed by atoms with van der Waals surface area (Å²) in [6.45, 7) is 3.32. The van der Waals surface area contributed by atoms with Crippen LogP contribution in [0.2, 0.25) is 0 Å². The topological polar surface area (TPSA) is 88.3 Å². The second-order valence-corrected chi connectivity index (χ2v) is 7.26. The Labute approximate surface area is 168 Å². The monoisotopic (exact) mass is 390 g/mol. The van der Waals surface area contributed by atoms with Crippen molar-refractivity contribution in [2.24, 2.45) is 0 Å². The maximum absolute atomic E-state index is 12.4. The van der Waals surface area contributed by atoms with Crippen LogP contribution in [0.15, 0.2) is 59.1 Å². The molecule has 1 aliphatic heterocycles. The number of amides is 2. The van der Waals surface area contributed by atoms with E-state index in [1.165, 1.54) is 5.56 Å². The van der Waals surface area contributed by atoms with E-state index in [0.717, 1.165) is 5.56 Å². The molecule has 1 saturated heterocycles. The SMILES string of the molecule is Cc1cccc(CN2CC(c3noc(CNC(=O)c4ccccc4)n3)CC2=O)c1. The molecule has 0 radical (unpaired) electrons. The third-order valence-electron chi connectivity index (χ3n) is 4.96. The lowest BCUT2D eigenvalue weighted by atomic mass is 10.1. The average molecular weight is 390 g/mol. The molecule has 148 valence electrons. The first-order valence-electron chi connectivity index (χ1n) is 9.57. The lowest BCUT2D eigenvalue weighted by Gasteiger charge is -2.16. The fourth-order valence-electron chi connectivity index (χ4n) is 3.48. The van der Waals surface area contributed by atoms with Crippen LogP contribution in [-0.4, -0.2) is 33.4 Å². The summed E-state index contributed by atoms with van der Waals surface area (Å²) in [6.07, 6.45) is 0.362. The van der Waals surface area contributed by atoms with Gasteiger partial charge >= 0.3 is 0 Å². The Morgan fingerprint density at radius 2 is 2.03 bits per heavy atom. The highest BCUT2D eigenvalue weighted by Gasteiger charge is 2.33. The molecule has 29 heavy (non-hydrogen) atoms. The molecule has 1 unspecified atom stereocenters. The van der Waals surface area contributed by atoms with E-state index in [0.29, 0.717) is 36.8 Å². The van der Waals surface area contributed by atoms with Crippen LogP contribution in [0.4, 0.5) is 0 Å². The molecule has 2 heterocycles. The molecule has 2 aromatic carbocycles. The molecule has 7 heteroatoms. The van der Waals surface area contributed by atoms with E-state index in [2.05, 4.69) is 21.5 Å². The van der Waals surface area contributed by atoms with Gasteiger partial charge in [0.05, 0.1) is 6.54 Å². The molecule has 1 aliphatic rings. The van der Waals surface area contributed by atoms with Gasteiger partial charge < -0.3 is 14.7 Å². The second-order valence-electron chi connectivity index (χ2n) is 7.26. The quantitative estimate of drug-likeness (QED) is 0.699. The summed E-state index contributed by atoms with van der Waals surface area (Å²) in [7, 11) is 0. The van der Waals surface area contributed by atoms with E-state index < -0.39 is 0 Å². The minimum atomic E-state index is -0.203. The molecule has 1 fully saturated rings. The maximum Gasteiger partial charge on any atom is 0.251 e. The zero-order valence-electron chi connectivity index (χ0n) is 16.2. The van der Waals surface area contributed by atoms with Crippen molar-refractivity contribution >= 4 is 11.8 Å². The average Bonchev–Trinajstić information content (AvgIpc) is 3.34. The lowest BCUT2D eigenvalue weighted by molar-refractivity contribution is -0.128. The van der Waals surface area contributed by atoms with Crippen LogP contribution < -0.4 is 5.32 Å². The third-order valence-corrected chi connectivity index (χ3v) is 4.96. The number of nitrogens with zero attached hydrogens (tertiary/aromatic N) is 3. The van der Waals surface area contributed by atoms with Gasteiger partial charge in [-0.05, 0) is 24.6 Å². The molecule has 1 atom stereocenters. The molecule has 2 amide bonds. The molecular weight excluding hydrogens is 368 g/mol. The van der Waals surface area contributed by atoms with Crippen LogP contribution in [0.3, 0.4) is 0 Å². The Balaban J connectivity index is 1.34. The summed E-state index contributed by atoms with van der Waals surface area (Å²) in [6, 6.07) is 17.1. The minimum Gasteiger partial charge on any atom is -0.343 e. The Kier molecular flexibility index (Phi) is 5.37. The van der Waals surface area contributed by atoms with Crippen molar-refractivity contribution in [3.05, 3.63) is 83.0 Å². The summed E-state index contributed by atoms with van der Waals surface area (Å²) in [5, 5.41) is 6.78. The fourth-order valence-corrected chi connectivity index (χ4v) is 3.48. The molecule has 1 aromatic heterocycles. The van der Waals surface area contributed by atoms with E-state index in [1.54, 1.807) is 24.3 Å². The van der Waals surface area contributed by atoms with Gasteiger partial charge in [0.1, 0.15) is 0 Å². The van der Waals surface area contributed by atoms with E-state index in [9.17, 15) is 9.59 Å². The summed E-state index contributed by atoms with van der Waals surface area (Å²) >= 11 is 0. The normalized spacial score (nSPS) is 16.2. The van der Waals surface area contributed by atoms with Gasteiger partial charge in [-0.25, -0.2) is 0 Å². The highest BCUT2D eigenvalue weighted by atomic mass is 16.5. The largest absolute Gasteiger partial charge is 0.343 e. The number of hydrogen-bond donors (Lipinski definition) is 1. The van der Waals surface area contributed by atoms with Gasteiger partial charge in [-0.1, -0.05) is 53.2 Å². The van der Waals surface area contributed by atoms with Crippen molar-refractivity contribution in [1.82, 2.24) is 20.4 Å². The van der Waals surface area contributed by atoms with E-state index in [1.807, 2.05) is 36.1 Å². The van der Waals surface area contributed by atoms with Crippen molar-refractivity contribution in [3.63, 3.8) is 0 Å². The number of aromatic nitrogens is 2. The number of nitrogens with one attached hydrogen (secondary N) is 1. The highest BCUT2D eigenvalue weighted by molar-refractivity contribution is 5.93. The Hall–Kier alpha value is -3.48. The summed E-state index contributed by atoms with van der Waals surface area (Å²) in [5.74, 6) is 0.614. The zero-order valence-corrected chi connectivity index (χ0v) is 16.2. The third kappa shape index (κ3) is 4.51. The zero-order chi connectivity index (χ0) is 20.2. The molecule has 0 bridgehead atoms. The smallest absolute Gasteiger partial charge is 0.251 e. The summed E-state index contributed by atoms with van der Waals surface area (Å²) < 4.78 is 5.26. The molecular formula is C22H22N4O3. The molecule has 3 aromatic rings. The first-order valence-corrected chi connectivity index (χ1v) is 9.57. The number of benzene rings is 2. The predicted molar refractivity (Wildman–Crippen MR) is 106 cm³/mol. The minimum absolute atomic E-state index is 0.0836. The van der Waals surface area contributed by atoms with E-state index in [4.69, 9.17) is 4.52 Å². The first-order chi connectivity index (χ1) is 14.1. The van der Waals surface area contributed by atoms with Crippen LogP contribution in [0.1, 0.15) is 45.5 Å². The van der Waals surface area contributed by atoms with Crippen molar-refractivity contribution in [1.29, 1.82) is 0 Å². The number of hydrogen-bond acceptors (Lipinski definition) is 5. The number of carbonyl (C=O) groups is 2. The Morgan fingerprint density at radius 3 is 2.83 bits per heavy atom. The van der Waals surface area contributed by atoms with Crippen LogP contribution in [0.25, 0.3) is 0 Å². The molecule has 4 rings (SSSR count). The van der Waals surface area contributed by atoms with Gasteiger partial charge in [0.2, 0.25) is 11.8 Å². The van der Waals surface area contributed by atoms with Crippen LogP contribution >= 0.6 is 0 Å². The number of likely N-dealkylation sites (tertiary alicyclic amines) is 1. The summed E-state index contributed by atoms with van der Waals surface area (Å²) in [5.41, 5.74) is 2.85. The van der Waals surface area contributed by atoms with Gasteiger partial charge in [0.25, 0.3) is 5.91 Å². The van der Waals surface area contributed by atoms with Crippen molar-refractivity contribution in [2.45, 2.75) is 32.4 Å². The maximum atomic E-state index is 12.4. The van der Waals surface area contributed by atoms with Crippen molar-refractivity contribution in [2.75, 3.05) is 6.54 Å². The fraction of sp³-hybridized carbons (Fsp3) is 0.273. The Bertz CT molecular complexity index is 1020. The van der Waals surface area contributed by atoms with Gasteiger partial charge in [0.15, 0.2) is 5.82 Å². The number of rotatable bonds is 6. The van der Waals surface area contributed by atoms with Gasteiger partial charge in [-0.3, -0.25) is 9.59 Å². The highest BCUT2D eigenvalue weighted by Crippen LogP contribution is 2.27.